The third-order valence-electron chi connectivity index (χ3n) is 5.00. The standard InChI is InChI=1S/C28H32N4O3/c1-28(2,3)32-27(35)21-10-7-11-24(18-21)29-19-26(34)31-23-15-13-22(14-16-23)30-25(33)17-12-20-8-5-4-6-9-20/h4-11,13-16,18,29H,12,17,19H2,1-3H3,(H,30,33)(H,31,34)(H,32,35). The van der Waals surface area contributed by atoms with E-state index < -0.39 is 0 Å². The van der Waals surface area contributed by atoms with Gasteiger partial charge in [0.2, 0.25) is 11.8 Å². The van der Waals surface area contributed by atoms with E-state index >= 15 is 0 Å². The summed E-state index contributed by atoms with van der Waals surface area (Å²) in [5, 5.41) is 11.6. The lowest BCUT2D eigenvalue weighted by Gasteiger charge is -2.20. The molecule has 182 valence electrons. The third kappa shape index (κ3) is 8.97. The number of amides is 3. The molecular weight excluding hydrogens is 440 g/mol. The van der Waals surface area contributed by atoms with Crippen LogP contribution in [0.2, 0.25) is 0 Å². The van der Waals surface area contributed by atoms with E-state index in [1.54, 1.807) is 48.5 Å². The predicted molar refractivity (Wildman–Crippen MR) is 141 cm³/mol. The topological polar surface area (TPSA) is 99.3 Å². The Morgan fingerprint density at radius 1 is 0.714 bits per heavy atom. The highest BCUT2D eigenvalue weighted by Gasteiger charge is 2.15. The lowest BCUT2D eigenvalue weighted by atomic mass is 10.1. The zero-order valence-electron chi connectivity index (χ0n) is 20.4. The van der Waals surface area contributed by atoms with Gasteiger partial charge in [0.25, 0.3) is 5.91 Å². The van der Waals surface area contributed by atoms with Gasteiger partial charge >= 0.3 is 0 Å². The average Bonchev–Trinajstić information content (AvgIpc) is 2.82. The molecule has 4 N–H and O–H groups in total. The van der Waals surface area contributed by atoms with E-state index in [-0.39, 0.29) is 29.8 Å². The first-order valence-electron chi connectivity index (χ1n) is 11.6. The van der Waals surface area contributed by atoms with Crippen LogP contribution in [0.1, 0.15) is 43.1 Å². The van der Waals surface area contributed by atoms with Crippen molar-refractivity contribution in [2.24, 2.45) is 0 Å². The van der Waals surface area contributed by atoms with Crippen LogP contribution in [0.3, 0.4) is 0 Å². The summed E-state index contributed by atoms with van der Waals surface area (Å²) < 4.78 is 0. The molecule has 0 unspecified atom stereocenters. The van der Waals surface area contributed by atoms with Gasteiger partial charge in [0.1, 0.15) is 0 Å². The largest absolute Gasteiger partial charge is 0.376 e. The fraction of sp³-hybridized carbons (Fsp3) is 0.250. The van der Waals surface area contributed by atoms with Crippen molar-refractivity contribution in [2.75, 3.05) is 22.5 Å². The predicted octanol–water partition coefficient (Wildman–Crippen LogP) is 4.84. The molecule has 0 radical (unpaired) electrons. The number of hydrogen-bond donors (Lipinski definition) is 4. The average molecular weight is 473 g/mol. The van der Waals surface area contributed by atoms with E-state index in [2.05, 4.69) is 21.3 Å². The van der Waals surface area contributed by atoms with Crippen LogP contribution in [-0.4, -0.2) is 29.8 Å². The third-order valence-corrected chi connectivity index (χ3v) is 5.00. The van der Waals surface area contributed by atoms with Crippen molar-refractivity contribution >= 4 is 34.8 Å². The van der Waals surface area contributed by atoms with E-state index in [1.165, 1.54) is 0 Å². The Hall–Kier alpha value is -4.13. The first-order valence-corrected chi connectivity index (χ1v) is 11.6. The van der Waals surface area contributed by atoms with E-state index in [4.69, 9.17) is 0 Å². The molecule has 3 amide bonds. The summed E-state index contributed by atoms with van der Waals surface area (Å²) in [7, 11) is 0. The summed E-state index contributed by atoms with van der Waals surface area (Å²) in [6, 6.07) is 23.9. The lowest BCUT2D eigenvalue weighted by molar-refractivity contribution is -0.116. The maximum absolute atomic E-state index is 12.4. The Labute approximate surface area is 206 Å². The molecule has 0 saturated carbocycles. The summed E-state index contributed by atoms with van der Waals surface area (Å²) in [5.41, 5.74) is 3.28. The fourth-order valence-corrected chi connectivity index (χ4v) is 3.33. The molecule has 0 fully saturated rings. The van der Waals surface area contributed by atoms with Gasteiger partial charge in [-0.1, -0.05) is 36.4 Å². The number of aryl methyl sites for hydroxylation is 1. The quantitative estimate of drug-likeness (QED) is 0.358. The van der Waals surface area contributed by atoms with Crippen molar-refractivity contribution in [1.82, 2.24) is 5.32 Å². The SMILES string of the molecule is CC(C)(C)NC(=O)c1cccc(NCC(=O)Nc2ccc(NC(=O)CCc3ccccc3)cc2)c1. The van der Waals surface area contributed by atoms with Crippen molar-refractivity contribution in [3.05, 3.63) is 90.0 Å². The van der Waals surface area contributed by atoms with E-state index in [1.807, 2.05) is 51.1 Å². The van der Waals surface area contributed by atoms with Gasteiger partial charge in [0, 0.05) is 34.6 Å². The van der Waals surface area contributed by atoms with Crippen LogP contribution in [0.4, 0.5) is 17.1 Å². The van der Waals surface area contributed by atoms with E-state index in [0.29, 0.717) is 35.5 Å². The molecule has 7 nitrogen and oxygen atoms in total. The molecule has 0 aliphatic heterocycles. The minimum absolute atomic E-state index is 0.0440. The van der Waals surface area contributed by atoms with Gasteiger partial charge in [-0.25, -0.2) is 0 Å². The van der Waals surface area contributed by atoms with Crippen LogP contribution in [0.25, 0.3) is 0 Å². The zero-order chi connectivity index (χ0) is 25.3. The van der Waals surface area contributed by atoms with Crippen LogP contribution >= 0.6 is 0 Å². The first kappa shape index (κ1) is 25.5. The number of carbonyl (C=O) groups excluding carboxylic acids is 3. The molecular formula is C28H32N4O3. The van der Waals surface area contributed by atoms with Gasteiger partial charge in [-0.3, -0.25) is 14.4 Å². The molecule has 0 atom stereocenters. The van der Waals surface area contributed by atoms with Crippen LogP contribution < -0.4 is 21.3 Å². The van der Waals surface area contributed by atoms with Gasteiger partial charge < -0.3 is 21.3 Å². The Morgan fingerprint density at radius 2 is 1.34 bits per heavy atom. The molecule has 0 heterocycles. The van der Waals surface area contributed by atoms with Gasteiger partial charge in [-0.15, -0.1) is 0 Å². The summed E-state index contributed by atoms with van der Waals surface area (Å²) >= 11 is 0. The first-order chi connectivity index (χ1) is 16.7. The van der Waals surface area contributed by atoms with Crippen molar-refractivity contribution in [3.8, 4) is 0 Å². The summed E-state index contributed by atoms with van der Waals surface area (Å²) in [6.45, 7) is 5.81. The van der Waals surface area contributed by atoms with Crippen molar-refractivity contribution in [2.45, 2.75) is 39.2 Å². The maximum Gasteiger partial charge on any atom is 0.251 e. The summed E-state index contributed by atoms with van der Waals surface area (Å²) in [6.07, 6.45) is 1.07. The second-order valence-corrected chi connectivity index (χ2v) is 9.30. The molecule has 0 bridgehead atoms. The molecule has 0 saturated heterocycles. The monoisotopic (exact) mass is 472 g/mol. The minimum Gasteiger partial charge on any atom is -0.376 e. The highest BCUT2D eigenvalue weighted by molar-refractivity contribution is 5.97. The number of nitrogens with one attached hydrogen (secondary N) is 4. The molecule has 0 aliphatic carbocycles. The molecule has 0 aromatic heterocycles. The van der Waals surface area contributed by atoms with Crippen LogP contribution in [0.15, 0.2) is 78.9 Å². The molecule has 7 heteroatoms. The summed E-state index contributed by atoms with van der Waals surface area (Å²) in [5.74, 6) is -0.458. The number of carbonyl (C=O) groups is 3. The smallest absolute Gasteiger partial charge is 0.251 e. The van der Waals surface area contributed by atoms with Crippen LogP contribution in [0, 0.1) is 0 Å². The second kappa shape index (κ2) is 11.8. The Morgan fingerprint density at radius 3 is 1.97 bits per heavy atom. The lowest BCUT2D eigenvalue weighted by Crippen LogP contribution is -2.40. The fourth-order valence-electron chi connectivity index (χ4n) is 3.33. The molecule has 35 heavy (non-hydrogen) atoms. The van der Waals surface area contributed by atoms with E-state index in [0.717, 1.165) is 5.56 Å². The molecule has 3 aromatic carbocycles. The molecule has 3 aromatic rings. The Balaban J connectivity index is 1.44. The number of benzene rings is 3. The Kier molecular flexibility index (Phi) is 8.62. The highest BCUT2D eigenvalue weighted by atomic mass is 16.2. The zero-order valence-corrected chi connectivity index (χ0v) is 20.4. The number of anilines is 3. The van der Waals surface area contributed by atoms with Gasteiger partial charge in [0.05, 0.1) is 6.54 Å². The van der Waals surface area contributed by atoms with Gasteiger partial charge in [0.15, 0.2) is 0 Å². The van der Waals surface area contributed by atoms with Gasteiger partial charge in [-0.05, 0) is 75.2 Å². The maximum atomic E-state index is 12.4. The molecule has 0 spiro atoms. The summed E-state index contributed by atoms with van der Waals surface area (Å²) in [4.78, 5) is 36.9. The van der Waals surface area contributed by atoms with Crippen molar-refractivity contribution in [1.29, 1.82) is 0 Å². The second-order valence-electron chi connectivity index (χ2n) is 9.30. The number of rotatable bonds is 9. The normalized spacial score (nSPS) is 10.8. The molecule has 3 rings (SSSR count). The molecule has 0 aliphatic rings. The van der Waals surface area contributed by atoms with Crippen LogP contribution in [0.5, 0.6) is 0 Å². The minimum atomic E-state index is -0.332. The highest BCUT2D eigenvalue weighted by Crippen LogP contribution is 2.15. The van der Waals surface area contributed by atoms with Crippen LogP contribution in [-0.2, 0) is 16.0 Å². The Bertz CT molecular complexity index is 1150. The van der Waals surface area contributed by atoms with Gasteiger partial charge in [-0.2, -0.15) is 0 Å². The van der Waals surface area contributed by atoms with E-state index in [9.17, 15) is 14.4 Å². The van der Waals surface area contributed by atoms with Crippen molar-refractivity contribution in [3.63, 3.8) is 0 Å². The van der Waals surface area contributed by atoms with Crippen molar-refractivity contribution < 1.29 is 14.4 Å². The number of hydrogen-bond acceptors (Lipinski definition) is 4.